The van der Waals surface area contributed by atoms with Gasteiger partial charge in [-0.25, -0.2) is 0 Å². The first-order valence-corrected chi connectivity index (χ1v) is 18.9. The zero-order valence-electron chi connectivity index (χ0n) is 32.1. The van der Waals surface area contributed by atoms with E-state index in [1.807, 2.05) is 47.6 Å². The Morgan fingerprint density at radius 3 is 1.98 bits per heavy atom. The van der Waals surface area contributed by atoms with Gasteiger partial charge in [0.2, 0.25) is 5.60 Å². The molecule has 6 aliphatic rings. The van der Waals surface area contributed by atoms with Gasteiger partial charge in [-0.2, -0.15) is 0 Å². The van der Waals surface area contributed by atoms with Crippen molar-refractivity contribution in [3.8, 4) is 11.8 Å². The largest absolute Gasteiger partial charge is 0.448 e. The summed E-state index contributed by atoms with van der Waals surface area (Å²) in [7, 11) is 0. The highest BCUT2D eigenvalue weighted by Gasteiger charge is 2.83. The molecule has 2 bridgehead atoms. The third-order valence-corrected chi connectivity index (χ3v) is 13.3. The molecule has 278 valence electrons. The van der Waals surface area contributed by atoms with Crippen LogP contribution in [0.5, 0.6) is 0 Å². The van der Waals surface area contributed by atoms with Gasteiger partial charge in [-0.1, -0.05) is 33.8 Å². The number of hydrogen-bond acceptors (Lipinski definition) is 9. The van der Waals surface area contributed by atoms with E-state index < -0.39 is 33.2 Å². The smallest absolute Gasteiger partial charge is 0.308 e. The number of ether oxygens (including phenoxy) is 6. The monoisotopic (exact) mass is 696 g/mol. The summed E-state index contributed by atoms with van der Waals surface area (Å²) < 4.78 is 37.5. The number of allylic oxidation sites excluding steroid dienone is 1. The second-order valence-corrected chi connectivity index (χ2v) is 15.7. The van der Waals surface area contributed by atoms with E-state index in [0.717, 1.165) is 36.8 Å². The van der Waals surface area contributed by atoms with Crippen molar-refractivity contribution in [1.82, 2.24) is 0 Å². The Morgan fingerprint density at radius 2 is 1.40 bits per heavy atom. The zero-order chi connectivity index (χ0) is 36.9. The standard InChI is InChI=1S/C21H30O5.C20H30O4/c1-6-24-18-12(3)8-9-20(25-7-2)19(5)11-16(23)26-21(18,20)17-13(4)15(22)10-14(17)19;1-7-12-19-17(22-9-3)15(5)11-13-20(19,23-10-4)18(6,8-2)14-16(21)24-19/h12,14,18H,6-11H2,1-5H3;8,15,17H,2,9-11,13-14H2,1,3-6H3/t12?,14-,18?,19-,20+,21?;15?,17?,18?,19?,20-/m11/s1. The fourth-order valence-electron chi connectivity index (χ4n) is 11.3. The minimum Gasteiger partial charge on any atom is -0.448 e. The minimum absolute atomic E-state index is 0.00116. The van der Waals surface area contributed by atoms with Crippen molar-refractivity contribution in [1.29, 1.82) is 0 Å². The third-order valence-electron chi connectivity index (χ3n) is 13.3. The fourth-order valence-corrected chi connectivity index (χ4v) is 11.3. The van der Waals surface area contributed by atoms with E-state index in [9.17, 15) is 14.4 Å². The molecule has 9 heteroatoms. The highest BCUT2D eigenvalue weighted by Crippen LogP contribution is 2.73. The number of Topliss-reactive ketones (excluding diaryl/α,β-unsaturated/α-hetero) is 1. The van der Waals surface area contributed by atoms with Crippen molar-refractivity contribution < 1.29 is 42.8 Å². The van der Waals surface area contributed by atoms with Gasteiger partial charge in [-0.15, -0.1) is 12.5 Å². The first kappa shape index (κ1) is 38.7. The number of carbonyl (C=O) groups excluding carboxylic acids is 3. The summed E-state index contributed by atoms with van der Waals surface area (Å²) >= 11 is 0. The van der Waals surface area contributed by atoms with Crippen molar-refractivity contribution in [2.45, 2.75) is 149 Å². The Hall–Kier alpha value is -2.51. The zero-order valence-corrected chi connectivity index (χ0v) is 32.1. The van der Waals surface area contributed by atoms with Crippen molar-refractivity contribution >= 4 is 17.7 Å². The van der Waals surface area contributed by atoms with Crippen LogP contribution in [0.3, 0.4) is 0 Å². The van der Waals surface area contributed by atoms with Crippen molar-refractivity contribution in [2.24, 2.45) is 28.6 Å². The fraction of sp³-hybridized carbons (Fsp3) is 0.780. The third kappa shape index (κ3) is 4.98. The molecular weight excluding hydrogens is 636 g/mol. The van der Waals surface area contributed by atoms with E-state index in [1.54, 1.807) is 6.92 Å². The Morgan fingerprint density at radius 1 is 0.840 bits per heavy atom. The number of rotatable bonds is 9. The van der Waals surface area contributed by atoms with Gasteiger partial charge in [0.15, 0.2) is 11.4 Å². The summed E-state index contributed by atoms with van der Waals surface area (Å²) in [5.74, 6) is 6.37. The van der Waals surface area contributed by atoms with E-state index in [1.165, 1.54) is 0 Å². The Kier molecular flexibility index (Phi) is 10.7. The molecular formula is C41H60O9. The molecule has 0 aromatic carbocycles. The average molecular weight is 697 g/mol. The van der Waals surface area contributed by atoms with Crippen LogP contribution >= 0.6 is 0 Å². The lowest BCUT2D eigenvalue weighted by Gasteiger charge is -2.62. The Labute approximate surface area is 299 Å². The molecule has 0 amide bonds. The molecule has 3 saturated carbocycles. The molecule has 5 fully saturated rings. The van der Waals surface area contributed by atoms with Gasteiger partial charge in [0.05, 0.1) is 12.8 Å². The van der Waals surface area contributed by atoms with E-state index in [4.69, 9.17) is 28.4 Å². The van der Waals surface area contributed by atoms with E-state index in [2.05, 4.69) is 39.2 Å². The van der Waals surface area contributed by atoms with Gasteiger partial charge >= 0.3 is 11.9 Å². The van der Waals surface area contributed by atoms with Crippen LogP contribution in [0.25, 0.3) is 0 Å². The van der Waals surface area contributed by atoms with E-state index >= 15 is 0 Å². The molecule has 7 unspecified atom stereocenters. The minimum atomic E-state index is -1.11. The number of hydrogen-bond donors (Lipinski definition) is 0. The second-order valence-electron chi connectivity index (χ2n) is 15.7. The average Bonchev–Trinajstić information content (AvgIpc) is 3.41. The summed E-state index contributed by atoms with van der Waals surface area (Å²) in [6.07, 6.45) is 5.73. The summed E-state index contributed by atoms with van der Waals surface area (Å²) in [6, 6.07) is 0. The molecule has 9 nitrogen and oxygen atoms in total. The van der Waals surface area contributed by atoms with Gasteiger partial charge < -0.3 is 28.4 Å². The summed E-state index contributed by atoms with van der Waals surface area (Å²) in [6.45, 7) is 26.1. The van der Waals surface area contributed by atoms with Crippen LogP contribution in [0.1, 0.15) is 114 Å². The SMILES string of the molecule is C=CC1(C)CC(=O)OC2(C#CC)C(OCC)C(C)CC[C@@]12OCC.CCOC1C(C)CC[C@@]2(OCC)C13OC(=O)C[C@]2(C)[C@@H]1CC(=O)C(C)=C13. The molecule has 2 saturated heterocycles. The molecule has 50 heavy (non-hydrogen) atoms. The molecule has 2 aliphatic heterocycles. The predicted molar refractivity (Wildman–Crippen MR) is 189 cm³/mol. The molecule has 0 aromatic heterocycles. The molecule has 0 N–H and O–H groups in total. The van der Waals surface area contributed by atoms with Crippen LogP contribution in [0.4, 0.5) is 0 Å². The maximum absolute atomic E-state index is 12.8. The molecule has 0 radical (unpaired) electrons. The number of esters is 2. The Balaban J connectivity index is 0.000000195. The van der Waals surface area contributed by atoms with Crippen LogP contribution in [-0.2, 0) is 42.8 Å². The van der Waals surface area contributed by atoms with Gasteiger partial charge in [-0.3, -0.25) is 14.4 Å². The van der Waals surface area contributed by atoms with E-state index in [0.29, 0.717) is 39.3 Å². The van der Waals surface area contributed by atoms with Gasteiger partial charge in [0, 0.05) is 49.6 Å². The second kappa shape index (κ2) is 13.8. The lowest BCUT2D eigenvalue weighted by molar-refractivity contribution is -0.296. The normalized spacial score (nSPS) is 44.4. The molecule has 4 aliphatic carbocycles. The summed E-state index contributed by atoms with van der Waals surface area (Å²) in [5.41, 5.74) is -2.68. The van der Waals surface area contributed by atoms with Crippen molar-refractivity contribution in [3.63, 3.8) is 0 Å². The molecule has 0 aromatic rings. The first-order chi connectivity index (χ1) is 23.6. The number of ketones is 1. The summed E-state index contributed by atoms with van der Waals surface area (Å²) in [5, 5.41) is 0. The topological polar surface area (TPSA) is 107 Å². The van der Waals surface area contributed by atoms with E-state index in [-0.39, 0.29) is 54.1 Å². The summed E-state index contributed by atoms with van der Waals surface area (Å²) in [4.78, 5) is 37.9. The maximum atomic E-state index is 12.8. The molecule has 0 spiro atoms. The maximum Gasteiger partial charge on any atom is 0.308 e. The molecule has 11 atom stereocenters. The first-order valence-electron chi connectivity index (χ1n) is 18.9. The van der Waals surface area contributed by atoms with Gasteiger partial charge in [-0.05, 0) is 96.1 Å². The van der Waals surface area contributed by atoms with Crippen LogP contribution in [0.15, 0.2) is 23.8 Å². The molecule has 2 heterocycles. The quantitative estimate of drug-likeness (QED) is 0.148. The van der Waals surface area contributed by atoms with Gasteiger partial charge in [0.25, 0.3) is 0 Å². The Bertz CT molecular complexity index is 1470. The van der Waals surface area contributed by atoms with Gasteiger partial charge in [0.1, 0.15) is 23.4 Å². The predicted octanol–water partition coefficient (Wildman–Crippen LogP) is 6.71. The van der Waals surface area contributed by atoms with Crippen LogP contribution in [0.2, 0.25) is 0 Å². The highest BCUT2D eigenvalue weighted by molar-refractivity contribution is 6.00. The van der Waals surface area contributed by atoms with Crippen LogP contribution in [0, 0.1) is 40.4 Å². The van der Waals surface area contributed by atoms with Crippen LogP contribution < -0.4 is 0 Å². The lowest BCUT2D eigenvalue weighted by Crippen LogP contribution is -2.76. The van der Waals surface area contributed by atoms with Crippen molar-refractivity contribution in [2.75, 3.05) is 26.4 Å². The highest BCUT2D eigenvalue weighted by atomic mass is 16.6. The van der Waals surface area contributed by atoms with Crippen molar-refractivity contribution in [3.05, 3.63) is 23.8 Å². The number of carbonyl (C=O) groups is 3. The van der Waals surface area contributed by atoms with Crippen LogP contribution in [-0.4, -0.2) is 78.8 Å². The number of fused-ring (bicyclic) bond motifs is 3. The molecule has 6 rings (SSSR count). The lowest BCUT2D eigenvalue weighted by atomic mass is 9.53.